The first-order valence-corrected chi connectivity index (χ1v) is 7.96. The predicted octanol–water partition coefficient (Wildman–Crippen LogP) is 2.68. The van der Waals surface area contributed by atoms with Crippen LogP contribution in [0.3, 0.4) is 0 Å². The Bertz CT molecular complexity index is 540. The van der Waals surface area contributed by atoms with Crippen LogP contribution < -0.4 is 10.1 Å². The Kier molecular flexibility index (Phi) is 6.30. The first-order chi connectivity index (χ1) is 11.4. The largest absolute Gasteiger partial charge is 0.573 e. The summed E-state index contributed by atoms with van der Waals surface area (Å²) in [5, 5.41) is 13.4. The van der Waals surface area contributed by atoms with Crippen molar-refractivity contribution in [1.29, 1.82) is 0 Å². The van der Waals surface area contributed by atoms with Crippen molar-refractivity contribution in [3.05, 3.63) is 29.8 Å². The molecule has 0 saturated carbocycles. The Morgan fingerprint density at radius 2 is 1.92 bits per heavy atom. The third-order valence-electron chi connectivity index (χ3n) is 3.65. The molecule has 0 aromatic heterocycles. The molecule has 0 amide bonds. The zero-order valence-corrected chi connectivity index (χ0v) is 13.5. The number of hydrogen-bond acceptors (Lipinski definition) is 3. The van der Waals surface area contributed by atoms with Crippen molar-refractivity contribution in [2.24, 2.45) is 4.99 Å². The average Bonchev–Trinajstić information content (AvgIpc) is 3.04. The number of likely N-dealkylation sites (tertiary alicyclic amines) is 1. The van der Waals surface area contributed by atoms with Crippen molar-refractivity contribution in [1.82, 2.24) is 10.2 Å². The lowest BCUT2D eigenvalue weighted by molar-refractivity contribution is -0.274. The fourth-order valence-corrected chi connectivity index (χ4v) is 2.52. The van der Waals surface area contributed by atoms with Crippen LogP contribution in [0, 0.1) is 0 Å². The first-order valence-electron chi connectivity index (χ1n) is 7.96. The second kappa shape index (κ2) is 8.23. The molecule has 0 radical (unpaired) electrons. The molecule has 1 aromatic rings. The van der Waals surface area contributed by atoms with Gasteiger partial charge in [-0.3, -0.25) is 4.99 Å². The number of nitrogens with zero attached hydrogens (tertiary/aromatic N) is 2. The van der Waals surface area contributed by atoms with Crippen LogP contribution in [0.2, 0.25) is 0 Å². The zero-order valence-electron chi connectivity index (χ0n) is 13.5. The number of halogens is 3. The van der Waals surface area contributed by atoms with E-state index in [-0.39, 0.29) is 12.3 Å². The van der Waals surface area contributed by atoms with Gasteiger partial charge in [-0.2, -0.15) is 0 Å². The van der Waals surface area contributed by atoms with Gasteiger partial charge in [0.05, 0.1) is 12.6 Å². The molecule has 24 heavy (non-hydrogen) atoms. The lowest BCUT2D eigenvalue weighted by Gasteiger charge is -2.21. The first kappa shape index (κ1) is 18.4. The molecule has 8 heteroatoms. The van der Waals surface area contributed by atoms with E-state index in [1.807, 2.05) is 6.92 Å². The summed E-state index contributed by atoms with van der Waals surface area (Å²) in [6.45, 7) is 4.71. The van der Waals surface area contributed by atoms with Crippen molar-refractivity contribution in [3.8, 4) is 5.75 Å². The van der Waals surface area contributed by atoms with Crippen molar-refractivity contribution in [2.45, 2.75) is 32.2 Å². The standard InChI is InChI=1S/C16H22F3N3O2/c1-2-20-15(22-9-3-4-10-22)21-11-14(23)12-5-7-13(8-6-12)24-16(17,18)19/h5-8,14,23H,2-4,9-11H2,1H3,(H,20,21). The number of ether oxygens (including phenoxy) is 1. The summed E-state index contributed by atoms with van der Waals surface area (Å²) >= 11 is 0. The molecule has 5 nitrogen and oxygen atoms in total. The molecule has 1 unspecified atom stereocenters. The van der Waals surface area contributed by atoms with Crippen molar-refractivity contribution in [2.75, 3.05) is 26.2 Å². The van der Waals surface area contributed by atoms with E-state index in [4.69, 9.17) is 0 Å². The minimum Gasteiger partial charge on any atom is -0.406 e. The van der Waals surface area contributed by atoms with Crippen LogP contribution in [0.1, 0.15) is 31.4 Å². The summed E-state index contributed by atoms with van der Waals surface area (Å²) in [5.74, 6) is 0.443. The van der Waals surface area contributed by atoms with Gasteiger partial charge in [-0.1, -0.05) is 12.1 Å². The Hall–Kier alpha value is -1.96. The number of aliphatic imine (C=N–C) groups is 1. The lowest BCUT2D eigenvalue weighted by Crippen LogP contribution is -2.39. The Balaban J connectivity index is 1.97. The molecule has 1 fully saturated rings. The van der Waals surface area contributed by atoms with Crippen molar-refractivity contribution in [3.63, 3.8) is 0 Å². The molecular weight excluding hydrogens is 323 g/mol. The Morgan fingerprint density at radius 3 is 2.46 bits per heavy atom. The van der Waals surface area contributed by atoms with E-state index in [1.54, 1.807) is 0 Å². The molecule has 0 aliphatic carbocycles. The highest BCUT2D eigenvalue weighted by Gasteiger charge is 2.31. The fourth-order valence-electron chi connectivity index (χ4n) is 2.52. The number of hydrogen-bond donors (Lipinski definition) is 2. The molecular formula is C16H22F3N3O2. The molecule has 2 rings (SSSR count). The van der Waals surface area contributed by atoms with Gasteiger partial charge in [0.2, 0.25) is 0 Å². The SMILES string of the molecule is CCNC(=NCC(O)c1ccc(OC(F)(F)F)cc1)N1CCCC1. The third kappa shape index (κ3) is 5.59. The van der Waals surface area contributed by atoms with E-state index < -0.39 is 12.5 Å². The number of alkyl halides is 3. The maximum atomic E-state index is 12.1. The summed E-state index contributed by atoms with van der Waals surface area (Å²) in [4.78, 5) is 6.56. The van der Waals surface area contributed by atoms with Gasteiger partial charge in [0.1, 0.15) is 5.75 Å². The molecule has 1 saturated heterocycles. The minimum atomic E-state index is -4.72. The van der Waals surface area contributed by atoms with Crippen LogP contribution in [0.5, 0.6) is 5.75 Å². The second-order valence-corrected chi connectivity index (χ2v) is 5.52. The molecule has 1 aliphatic heterocycles. The van der Waals surface area contributed by atoms with E-state index >= 15 is 0 Å². The van der Waals surface area contributed by atoms with Gasteiger partial charge in [-0.15, -0.1) is 13.2 Å². The lowest BCUT2D eigenvalue weighted by atomic mass is 10.1. The minimum absolute atomic E-state index is 0.137. The van der Waals surface area contributed by atoms with Crippen LogP contribution in [-0.4, -0.2) is 48.5 Å². The molecule has 1 atom stereocenters. The quantitative estimate of drug-likeness (QED) is 0.636. The van der Waals surface area contributed by atoms with Crippen LogP contribution in [0.15, 0.2) is 29.3 Å². The highest BCUT2D eigenvalue weighted by atomic mass is 19.4. The molecule has 1 aliphatic rings. The third-order valence-corrected chi connectivity index (χ3v) is 3.65. The highest BCUT2D eigenvalue weighted by Crippen LogP contribution is 2.24. The number of aliphatic hydroxyl groups is 1. The molecule has 0 bridgehead atoms. The van der Waals surface area contributed by atoms with E-state index in [9.17, 15) is 18.3 Å². The maximum Gasteiger partial charge on any atom is 0.573 e. The van der Waals surface area contributed by atoms with Crippen LogP contribution in [0.4, 0.5) is 13.2 Å². The zero-order chi connectivity index (χ0) is 17.6. The Labute approximate surface area is 139 Å². The number of guanidine groups is 1. The van der Waals surface area contributed by atoms with E-state index in [0.29, 0.717) is 5.56 Å². The maximum absolute atomic E-state index is 12.1. The summed E-state index contributed by atoms with van der Waals surface area (Å²) in [5.41, 5.74) is 0.491. The summed E-state index contributed by atoms with van der Waals surface area (Å²) < 4.78 is 40.2. The Morgan fingerprint density at radius 1 is 1.29 bits per heavy atom. The van der Waals surface area contributed by atoms with Crippen molar-refractivity contribution < 1.29 is 23.0 Å². The van der Waals surface area contributed by atoms with Gasteiger partial charge in [0.15, 0.2) is 5.96 Å². The van der Waals surface area contributed by atoms with Gasteiger partial charge < -0.3 is 20.1 Å². The van der Waals surface area contributed by atoms with Gasteiger partial charge in [0.25, 0.3) is 0 Å². The van der Waals surface area contributed by atoms with E-state index in [1.165, 1.54) is 24.3 Å². The number of rotatable bonds is 5. The second-order valence-electron chi connectivity index (χ2n) is 5.52. The van der Waals surface area contributed by atoms with Gasteiger partial charge in [-0.25, -0.2) is 0 Å². The van der Waals surface area contributed by atoms with Gasteiger partial charge in [0, 0.05) is 19.6 Å². The average molecular weight is 345 g/mol. The van der Waals surface area contributed by atoms with Crippen LogP contribution in [0.25, 0.3) is 0 Å². The molecule has 1 aromatic carbocycles. The topological polar surface area (TPSA) is 57.1 Å². The number of nitrogens with one attached hydrogen (secondary N) is 1. The smallest absolute Gasteiger partial charge is 0.406 e. The molecule has 2 N–H and O–H groups in total. The molecule has 134 valence electrons. The van der Waals surface area contributed by atoms with Gasteiger partial charge >= 0.3 is 6.36 Å². The van der Waals surface area contributed by atoms with Crippen LogP contribution >= 0.6 is 0 Å². The summed E-state index contributed by atoms with van der Waals surface area (Å²) in [6.07, 6.45) is -3.37. The monoisotopic (exact) mass is 345 g/mol. The number of aliphatic hydroxyl groups excluding tert-OH is 1. The molecule has 0 spiro atoms. The van der Waals surface area contributed by atoms with Crippen molar-refractivity contribution >= 4 is 5.96 Å². The van der Waals surface area contributed by atoms with Crippen LogP contribution in [-0.2, 0) is 0 Å². The predicted molar refractivity (Wildman–Crippen MR) is 84.9 cm³/mol. The summed E-state index contributed by atoms with van der Waals surface area (Å²) in [6, 6.07) is 5.18. The fraction of sp³-hybridized carbons (Fsp3) is 0.562. The molecule has 1 heterocycles. The highest BCUT2D eigenvalue weighted by molar-refractivity contribution is 5.80. The number of benzene rings is 1. The normalized spacial score (nSPS) is 17.0. The van der Waals surface area contributed by atoms with E-state index in [0.717, 1.165) is 38.4 Å². The van der Waals surface area contributed by atoms with E-state index in [2.05, 4.69) is 19.9 Å². The summed E-state index contributed by atoms with van der Waals surface area (Å²) in [7, 11) is 0. The van der Waals surface area contributed by atoms with Gasteiger partial charge in [-0.05, 0) is 37.5 Å².